The van der Waals surface area contributed by atoms with E-state index >= 15 is 0 Å². The summed E-state index contributed by atoms with van der Waals surface area (Å²) >= 11 is 0. The van der Waals surface area contributed by atoms with Crippen LogP contribution in [-0.4, -0.2) is 47.4 Å². The summed E-state index contributed by atoms with van der Waals surface area (Å²) < 4.78 is 53.0. The van der Waals surface area contributed by atoms with E-state index in [0.717, 1.165) is 48.9 Å². The zero-order chi connectivity index (χ0) is 25.4. The third-order valence-corrected chi connectivity index (χ3v) is 7.11. The highest BCUT2D eigenvalue weighted by molar-refractivity contribution is 5.81. The molecule has 0 radical (unpaired) electrons. The van der Waals surface area contributed by atoms with Gasteiger partial charge in [-0.25, -0.2) is 9.18 Å². The predicted molar refractivity (Wildman–Crippen MR) is 126 cm³/mol. The van der Waals surface area contributed by atoms with Crippen molar-refractivity contribution in [3.05, 3.63) is 58.9 Å². The largest absolute Gasteiger partial charge is 0.416 e. The highest BCUT2D eigenvalue weighted by atomic mass is 19.4. The monoisotopic (exact) mass is 504 g/mol. The van der Waals surface area contributed by atoms with Gasteiger partial charge in [0.25, 0.3) is 0 Å². The van der Waals surface area contributed by atoms with Gasteiger partial charge in [-0.2, -0.15) is 13.2 Å². The fourth-order valence-corrected chi connectivity index (χ4v) is 4.97. The van der Waals surface area contributed by atoms with E-state index in [2.05, 4.69) is 10.6 Å². The lowest BCUT2D eigenvalue weighted by Crippen LogP contribution is -2.50. The summed E-state index contributed by atoms with van der Waals surface area (Å²) in [6.45, 7) is 1.94. The third-order valence-electron chi connectivity index (χ3n) is 7.11. The number of amides is 3. The fraction of sp³-hybridized carbons (Fsp3) is 0.462. The van der Waals surface area contributed by atoms with Crippen molar-refractivity contribution < 1.29 is 27.2 Å². The minimum absolute atomic E-state index is 0.0247. The van der Waals surface area contributed by atoms with Gasteiger partial charge in [-0.3, -0.25) is 4.79 Å². The van der Waals surface area contributed by atoms with Gasteiger partial charge in [0.05, 0.1) is 17.2 Å². The number of nitrogens with zero attached hydrogens (tertiary/aromatic N) is 2. The average Bonchev–Trinajstić information content (AvgIpc) is 3.68. The van der Waals surface area contributed by atoms with E-state index in [1.165, 1.54) is 0 Å². The number of urea groups is 1. The van der Waals surface area contributed by atoms with Gasteiger partial charge in [0, 0.05) is 37.9 Å². The number of carbonyl (C=O) groups excluding carboxylic acids is 2. The van der Waals surface area contributed by atoms with Crippen LogP contribution in [0.5, 0.6) is 0 Å². The summed E-state index contributed by atoms with van der Waals surface area (Å²) in [4.78, 5) is 29.3. The number of hydrogen-bond acceptors (Lipinski definition) is 3. The minimum atomic E-state index is -4.61. The van der Waals surface area contributed by atoms with Gasteiger partial charge in [-0.15, -0.1) is 0 Å². The summed E-state index contributed by atoms with van der Waals surface area (Å²) in [7, 11) is 0. The summed E-state index contributed by atoms with van der Waals surface area (Å²) in [5, 5.41) is 5.92. The molecule has 1 saturated heterocycles. The van der Waals surface area contributed by atoms with Crippen molar-refractivity contribution in [2.75, 3.05) is 25.0 Å². The molecule has 1 aliphatic carbocycles. The lowest BCUT2D eigenvalue weighted by atomic mass is 9.93. The summed E-state index contributed by atoms with van der Waals surface area (Å²) in [5.74, 6) is -1.20. The van der Waals surface area contributed by atoms with Crippen LogP contribution in [0.15, 0.2) is 36.4 Å². The van der Waals surface area contributed by atoms with Gasteiger partial charge in [0.15, 0.2) is 0 Å². The molecule has 1 unspecified atom stereocenters. The van der Waals surface area contributed by atoms with E-state index in [1.807, 2.05) is 6.07 Å². The molecule has 36 heavy (non-hydrogen) atoms. The number of alkyl halides is 3. The molecular weight excluding hydrogens is 476 g/mol. The number of benzene rings is 2. The molecule has 2 heterocycles. The molecule has 3 amide bonds. The normalized spacial score (nSPS) is 20.1. The summed E-state index contributed by atoms with van der Waals surface area (Å²) in [6, 6.07) is 8.03. The first-order chi connectivity index (χ1) is 17.2. The standard InChI is InChI=1S/C26H28F4N4O2/c27-21-13-18(26(28,29)30)6-9-23(21)32-22-5-1-3-16-14-33(12-10-20(16)22)24(35)17-4-2-11-34(15-17)25(36)31-19-7-8-19/h1,3,5-6,9,13,17,19,32H,2,4,7-8,10-12,14-15H2,(H,31,36). The molecule has 5 rings (SSSR count). The van der Waals surface area contributed by atoms with E-state index in [1.54, 1.807) is 21.9 Å². The molecule has 2 aromatic carbocycles. The van der Waals surface area contributed by atoms with Gasteiger partial charge in [0.2, 0.25) is 5.91 Å². The number of hydrogen-bond donors (Lipinski definition) is 2. The minimum Gasteiger partial charge on any atom is -0.353 e. The highest BCUT2D eigenvalue weighted by Gasteiger charge is 2.35. The first-order valence-electron chi connectivity index (χ1n) is 12.3. The Bertz CT molecular complexity index is 1170. The SMILES string of the molecule is O=C(NC1CC1)N1CCCC(C(=O)N2CCc3c(cccc3Nc3ccc(C(F)(F)F)cc3F)C2)C1. The maximum atomic E-state index is 14.4. The van der Waals surface area contributed by atoms with Gasteiger partial charge < -0.3 is 20.4 Å². The molecule has 192 valence electrons. The molecule has 3 aliphatic rings. The Morgan fingerprint density at radius 2 is 1.78 bits per heavy atom. The van der Waals surface area contributed by atoms with E-state index in [-0.39, 0.29) is 29.6 Å². The Morgan fingerprint density at radius 3 is 2.50 bits per heavy atom. The van der Waals surface area contributed by atoms with Crippen molar-refractivity contribution in [1.82, 2.24) is 15.1 Å². The van der Waals surface area contributed by atoms with E-state index in [9.17, 15) is 27.2 Å². The smallest absolute Gasteiger partial charge is 0.353 e. The van der Waals surface area contributed by atoms with Gasteiger partial charge >= 0.3 is 12.2 Å². The lowest BCUT2D eigenvalue weighted by molar-refractivity contribution is -0.138. The number of anilines is 2. The number of fused-ring (bicyclic) bond motifs is 1. The molecule has 2 N–H and O–H groups in total. The summed E-state index contributed by atoms with van der Waals surface area (Å²) in [5.41, 5.74) is 1.35. The number of rotatable bonds is 4. The van der Waals surface area contributed by atoms with E-state index < -0.39 is 17.6 Å². The molecule has 2 fully saturated rings. The number of carbonyl (C=O) groups is 2. The van der Waals surface area contributed by atoms with Gasteiger partial charge in [0.1, 0.15) is 5.82 Å². The second-order valence-corrected chi connectivity index (χ2v) is 9.78. The van der Waals surface area contributed by atoms with Crippen LogP contribution < -0.4 is 10.6 Å². The lowest BCUT2D eigenvalue weighted by Gasteiger charge is -2.37. The molecule has 0 spiro atoms. The van der Waals surface area contributed by atoms with Crippen molar-refractivity contribution in [3.63, 3.8) is 0 Å². The van der Waals surface area contributed by atoms with Crippen LogP contribution in [0.3, 0.4) is 0 Å². The molecular formula is C26H28F4N4O2. The predicted octanol–water partition coefficient (Wildman–Crippen LogP) is 5.06. The topological polar surface area (TPSA) is 64.7 Å². The van der Waals surface area contributed by atoms with Crippen LogP contribution in [0, 0.1) is 11.7 Å². The van der Waals surface area contributed by atoms with Crippen molar-refractivity contribution in [1.29, 1.82) is 0 Å². The highest BCUT2D eigenvalue weighted by Crippen LogP contribution is 2.34. The number of halogens is 4. The number of nitrogens with one attached hydrogen (secondary N) is 2. The molecule has 10 heteroatoms. The average molecular weight is 505 g/mol. The first kappa shape index (κ1) is 24.4. The molecule has 0 bridgehead atoms. The second-order valence-electron chi connectivity index (χ2n) is 9.78. The van der Waals surface area contributed by atoms with Crippen LogP contribution in [0.4, 0.5) is 33.7 Å². The van der Waals surface area contributed by atoms with Crippen LogP contribution in [0.25, 0.3) is 0 Å². The zero-order valence-electron chi connectivity index (χ0n) is 19.7. The Kier molecular flexibility index (Phi) is 6.53. The third kappa shape index (κ3) is 5.27. The maximum Gasteiger partial charge on any atom is 0.416 e. The van der Waals surface area contributed by atoms with Crippen molar-refractivity contribution in [2.24, 2.45) is 5.92 Å². The molecule has 2 aromatic rings. The molecule has 2 aliphatic heterocycles. The van der Waals surface area contributed by atoms with Crippen molar-refractivity contribution in [2.45, 2.75) is 50.9 Å². The quantitative estimate of drug-likeness (QED) is 0.573. The Balaban J connectivity index is 1.25. The van der Waals surface area contributed by atoms with Crippen LogP contribution >= 0.6 is 0 Å². The van der Waals surface area contributed by atoms with Crippen LogP contribution in [-0.2, 0) is 23.9 Å². The number of piperidine rings is 1. The van der Waals surface area contributed by atoms with Gasteiger partial charge in [-0.05, 0) is 67.5 Å². The van der Waals surface area contributed by atoms with Crippen molar-refractivity contribution in [3.8, 4) is 0 Å². The van der Waals surface area contributed by atoms with Crippen LogP contribution in [0.1, 0.15) is 42.4 Å². The maximum absolute atomic E-state index is 14.4. The summed E-state index contributed by atoms with van der Waals surface area (Å²) in [6.07, 6.45) is -0.534. The van der Waals surface area contributed by atoms with Crippen LogP contribution in [0.2, 0.25) is 0 Å². The fourth-order valence-electron chi connectivity index (χ4n) is 4.97. The van der Waals surface area contributed by atoms with E-state index in [4.69, 9.17) is 0 Å². The molecule has 0 aromatic heterocycles. The number of likely N-dealkylation sites (tertiary alicyclic amines) is 1. The second kappa shape index (κ2) is 9.63. The first-order valence-corrected chi connectivity index (χ1v) is 12.3. The molecule has 1 atom stereocenters. The van der Waals surface area contributed by atoms with Crippen molar-refractivity contribution >= 4 is 23.3 Å². The van der Waals surface area contributed by atoms with Gasteiger partial charge in [-0.1, -0.05) is 12.1 Å². The Labute approximate surface area is 206 Å². The Hall–Kier alpha value is -3.30. The Morgan fingerprint density at radius 1 is 0.972 bits per heavy atom. The molecule has 1 saturated carbocycles. The zero-order valence-corrected chi connectivity index (χ0v) is 19.7. The molecule has 6 nitrogen and oxygen atoms in total. The van der Waals surface area contributed by atoms with E-state index in [0.29, 0.717) is 44.4 Å².